The molecule has 2 aromatic heterocycles. The van der Waals surface area contributed by atoms with Crippen molar-refractivity contribution in [2.24, 2.45) is 5.92 Å². The number of para-hydroxylation sites is 2. The summed E-state index contributed by atoms with van der Waals surface area (Å²) in [6.07, 6.45) is 0. The number of rotatable bonds is 8. The maximum absolute atomic E-state index is 12.8. The van der Waals surface area contributed by atoms with Gasteiger partial charge in [0.2, 0.25) is 5.91 Å². The zero-order valence-electron chi connectivity index (χ0n) is 16.1. The lowest BCUT2D eigenvalue weighted by Gasteiger charge is -2.14. The third-order valence-corrected chi connectivity index (χ3v) is 5.74. The molecular formula is C20H23N3O3S2. The van der Waals surface area contributed by atoms with Gasteiger partial charge in [-0.05, 0) is 36.4 Å². The Labute approximate surface area is 171 Å². The van der Waals surface area contributed by atoms with E-state index < -0.39 is 0 Å². The third kappa shape index (κ3) is 4.74. The molecule has 148 valence electrons. The van der Waals surface area contributed by atoms with E-state index in [0.717, 1.165) is 0 Å². The second kappa shape index (κ2) is 9.25. The van der Waals surface area contributed by atoms with Gasteiger partial charge in [-0.3, -0.25) is 14.2 Å². The number of amides is 1. The number of ether oxygens (including phenoxy) is 1. The molecule has 1 amide bonds. The maximum atomic E-state index is 12.8. The standard InChI is InChI=1S/C20H23N3O3S2/c1-4-26-16-8-6-5-7-14(16)21-17(24)12-28-20-22-15-9-10-27-18(15)19(25)23(20)11-13(2)3/h5-10,13H,4,11-12H2,1-3H3,(H,21,24). The average molecular weight is 418 g/mol. The second-order valence-electron chi connectivity index (χ2n) is 6.60. The van der Waals surface area contributed by atoms with Crippen molar-refractivity contribution in [3.63, 3.8) is 0 Å². The van der Waals surface area contributed by atoms with Crippen molar-refractivity contribution in [2.75, 3.05) is 17.7 Å². The minimum Gasteiger partial charge on any atom is -0.492 e. The molecule has 0 aliphatic heterocycles. The van der Waals surface area contributed by atoms with Gasteiger partial charge in [0.15, 0.2) is 5.16 Å². The van der Waals surface area contributed by atoms with Crippen LogP contribution in [0.3, 0.4) is 0 Å². The molecule has 3 rings (SSSR count). The van der Waals surface area contributed by atoms with Crippen molar-refractivity contribution in [3.8, 4) is 5.75 Å². The molecule has 8 heteroatoms. The lowest BCUT2D eigenvalue weighted by atomic mass is 10.2. The zero-order valence-corrected chi connectivity index (χ0v) is 17.7. The molecule has 6 nitrogen and oxygen atoms in total. The first-order valence-electron chi connectivity index (χ1n) is 9.12. The van der Waals surface area contributed by atoms with E-state index >= 15 is 0 Å². The van der Waals surface area contributed by atoms with Gasteiger partial charge in [-0.15, -0.1) is 11.3 Å². The van der Waals surface area contributed by atoms with E-state index in [1.165, 1.54) is 23.1 Å². The number of hydrogen-bond donors (Lipinski definition) is 1. The molecular weight excluding hydrogens is 394 g/mol. The van der Waals surface area contributed by atoms with Gasteiger partial charge in [0.1, 0.15) is 10.4 Å². The van der Waals surface area contributed by atoms with E-state index in [0.29, 0.717) is 45.9 Å². The smallest absolute Gasteiger partial charge is 0.272 e. The highest BCUT2D eigenvalue weighted by molar-refractivity contribution is 7.99. The first kappa shape index (κ1) is 20.4. The van der Waals surface area contributed by atoms with Crippen LogP contribution in [0.1, 0.15) is 20.8 Å². The van der Waals surface area contributed by atoms with Gasteiger partial charge in [0.25, 0.3) is 5.56 Å². The molecule has 1 aromatic carbocycles. The van der Waals surface area contributed by atoms with Crippen LogP contribution in [-0.2, 0) is 11.3 Å². The first-order valence-corrected chi connectivity index (χ1v) is 11.0. The normalized spacial score (nSPS) is 11.1. The van der Waals surface area contributed by atoms with E-state index in [9.17, 15) is 9.59 Å². The van der Waals surface area contributed by atoms with Crippen molar-refractivity contribution in [1.82, 2.24) is 9.55 Å². The van der Waals surface area contributed by atoms with E-state index in [1.54, 1.807) is 10.6 Å². The van der Waals surface area contributed by atoms with Crippen LogP contribution in [0.2, 0.25) is 0 Å². The van der Waals surface area contributed by atoms with Gasteiger partial charge in [0, 0.05) is 6.54 Å². The summed E-state index contributed by atoms with van der Waals surface area (Å²) in [4.78, 5) is 29.9. The zero-order chi connectivity index (χ0) is 20.1. The Bertz CT molecular complexity index is 1030. The summed E-state index contributed by atoms with van der Waals surface area (Å²) in [6.45, 7) is 7.09. The summed E-state index contributed by atoms with van der Waals surface area (Å²) >= 11 is 2.67. The Morgan fingerprint density at radius 1 is 1.32 bits per heavy atom. The van der Waals surface area contributed by atoms with Crippen molar-refractivity contribution < 1.29 is 9.53 Å². The number of carbonyl (C=O) groups is 1. The van der Waals surface area contributed by atoms with Gasteiger partial charge < -0.3 is 10.1 Å². The summed E-state index contributed by atoms with van der Waals surface area (Å²) < 4.78 is 7.87. The fraction of sp³-hybridized carbons (Fsp3) is 0.350. The summed E-state index contributed by atoms with van der Waals surface area (Å²) in [6, 6.07) is 9.16. The molecule has 0 fully saturated rings. The molecule has 0 bridgehead atoms. The number of hydrogen-bond acceptors (Lipinski definition) is 6. The largest absolute Gasteiger partial charge is 0.492 e. The third-order valence-electron chi connectivity index (χ3n) is 3.87. The van der Waals surface area contributed by atoms with Gasteiger partial charge in [-0.25, -0.2) is 4.98 Å². The molecule has 0 saturated heterocycles. The number of fused-ring (bicyclic) bond motifs is 1. The molecule has 1 N–H and O–H groups in total. The fourth-order valence-corrected chi connectivity index (χ4v) is 4.31. The fourth-order valence-electron chi connectivity index (χ4n) is 2.73. The molecule has 0 saturated carbocycles. The first-order chi connectivity index (χ1) is 13.5. The summed E-state index contributed by atoms with van der Waals surface area (Å²) in [5, 5.41) is 5.31. The van der Waals surface area contributed by atoms with E-state index in [4.69, 9.17) is 4.74 Å². The summed E-state index contributed by atoms with van der Waals surface area (Å²) in [5.74, 6) is 0.912. The highest BCUT2D eigenvalue weighted by atomic mass is 32.2. The van der Waals surface area contributed by atoms with Gasteiger partial charge in [-0.1, -0.05) is 37.7 Å². The number of nitrogens with one attached hydrogen (secondary N) is 1. The van der Waals surface area contributed by atoms with Crippen LogP contribution < -0.4 is 15.6 Å². The SMILES string of the molecule is CCOc1ccccc1NC(=O)CSc1nc2ccsc2c(=O)n1CC(C)C. The number of nitrogens with zero attached hydrogens (tertiary/aromatic N) is 2. The lowest BCUT2D eigenvalue weighted by Crippen LogP contribution is -2.25. The Kier molecular flexibility index (Phi) is 6.74. The van der Waals surface area contributed by atoms with E-state index in [1.807, 2.05) is 36.6 Å². The molecule has 28 heavy (non-hydrogen) atoms. The number of thioether (sulfide) groups is 1. The number of benzene rings is 1. The highest BCUT2D eigenvalue weighted by Crippen LogP contribution is 2.25. The van der Waals surface area contributed by atoms with Crippen LogP contribution in [0.4, 0.5) is 5.69 Å². The van der Waals surface area contributed by atoms with Crippen molar-refractivity contribution in [1.29, 1.82) is 0 Å². The molecule has 0 aliphatic rings. The molecule has 0 unspecified atom stereocenters. The van der Waals surface area contributed by atoms with Crippen LogP contribution in [0, 0.1) is 5.92 Å². The minimum absolute atomic E-state index is 0.0432. The predicted octanol–water partition coefficient (Wildman–Crippen LogP) is 4.24. The van der Waals surface area contributed by atoms with E-state index in [2.05, 4.69) is 24.1 Å². The van der Waals surface area contributed by atoms with Crippen molar-refractivity contribution in [2.45, 2.75) is 32.5 Å². The minimum atomic E-state index is -0.173. The molecule has 0 radical (unpaired) electrons. The van der Waals surface area contributed by atoms with Gasteiger partial charge >= 0.3 is 0 Å². The van der Waals surface area contributed by atoms with E-state index in [-0.39, 0.29) is 17.2 Å². The Morgan fingerprint density at radius 3 is 2.86 bits per heavy atom. The molecule has 2 heterocycles. The number of thiophene rings is 1. The monoisotopic (exact) mass is 417 g/mol. The van der Waals surface area contributed by atoms with Crippen LogP contribution in [-0.4, -0.2) is 27.8 Å². The number of aromatic nitrogens is 2. The average Bonchev–Trinajstić information content (AvgIpc) is 3.13. The second-order valence-corrected chi connectivity index (χ2v) is 8.46. The Balaban J connectivity index is 1.77. The topological polar surface area (TPSA) is 73.2 Å². The Morgan fingerprint density at radius 2 is 2.11 bits per heavy atom. The molecule has 0 atom stereocenters. The van der Waals surface area contributed by atoms with Crippen LogP contribution in [0.15, 0.2) is 45.7 Å². The molecule has 3 aromatic rings. The lowest BCUT2D eigenvalue weighted by molar-refractivity contribution is -0.113. The van der Waals surface area contributed by atoms with Gasteiger partial charge in [-0.2, -0.15) is 0 Å². The van der Waals surface area contributed by atoms with Crippen LogP contribution in [0.5, 0.6) is 5.75 Å². The maximum Gasteiger partial charge on any atom is 0.272 e. The van der Waals surface area contributed by atoms with Crippen molar-refractivity contribution in [3.05, 3.63) is 46.1 Å². The van der Waals surface area contributed by atoms with Crippen molar-refractivity contribution >= 4 is 44.9 Å². The van der Waals surface area contributed by atoms with Crippen LogP contribution >= 0.6 is 23.1 Å². The molecule has 0 spiro atoms. The van der Waals surface area contributed by atoms with Gasteiger partial charge in [0.05, 0.1) is 23.6 Å². The van der Waals surface area contributed by atoms with Crippen LogP contribution in [0.25, 0.3) is 10.2 Å². The Hall–Kier alpha value is -2.32. The number of anilines is 1. The molecule has 0 aliphatic carbocycles. The number of carbonyl (C=O) groups excluding carboxylic acids is 1. The highest BCUT2D eigenvalue weighted by Gasteiger charge is 2.15. The predicted molar refractivity (Wildman–Crippen MR) is 116 cm³/mol. The quantitative estimate of drug-likeness (QED) is 0.438. The summed E-state index contributed by atoms with van der Waals surface area (Å²) in [7, 11) is 0. The summed E-state index contributed by atoms with van der Waals surface area (Å²) in [5.41, 5.74) is 1.27.